The third-order valence-electron chi connectivity index (χ3n) is 12.0. The molecule has 0 heterocycles. The van der Waals surface area contributed by atoms with E-state index in [1.165, 1.54) is 12.1 Å². The molecule has 0 aliphatic rings. The second-order valence-corrected chi connectivity index (χ2v) is 19.4. The number of carbonyl (C=O) groups is 6. The van der Waals surface area contributed by atoms with Crippen LogP contribution in [-0.2, 0) is 23.7 Å². The minimum absolute atomic E-state index is 0.0740. The number of phenolic OH excluding ortho intramolecular Hbond substituents is 2. The Morgan fingerprint density at radius 2 is 0.955 bits per heavy atom. The van der Waals surface area contributed by atoms with Gasteiger partial charge in [-0.2, -0.15) is 0 Å². The first-order valence-corrected chi connectivity index (χ1v) is 22.2. The summed E-state index contributed by atoms with van der Waals surface area (Å²) < 4.78 is 0. The molecule has 0 amide bonds. The van der Waals surface area contributed by atoms with Crippen molar-refractivity contribution >= 4 is 58.3 Å². The van der Waals surface area contributed by atoms with Crippen molar-refractivity contribution in [1.29, 1.82) is 0 Å². The molecule has 0 spiro atoms. The number of rotatable bonds is 13. The van der Waals surface area contributed by atoms with Gasteiger partial charge in [-0.05, 0) is 118 Å². The van der Waals surface area contributed by atoms with Crippen LogP contribution in [0.25, 0.3) is 22.3 Å². The highest BCUT2D eigenvalue weighted by Gasteiger charge is 2.39. The second-order valence-electron chi connectivity index (χ2n) is 18.2. The van der Waals surface area contributed by atoms with Crippen molar-refractivity contribution in [3.8, 4) is 33.8 Å². The number of thiol groups is 1. The topological polar surface area (TPSA) is 264 Å². The third-order valence-corrected chi connectivity index (χ3v) is 13.2. The Labute approximate surface area is 389 Å². The van der Waals surface area contributed by atoms with Crippen LogP contribution in [0.15, 0.2) is 47.4 Å². The quantitative estimate of drug-likeness (QED) is 0.0393. The van der Waals surface area contributed by atoms with Crippen LogP contribution in [0.4, 0.5) is 0 Å². The highest BCUT2D eigenvalue weighted by Crippen LogP contribution is 2.52. The molecule has 0 saturated heterocycles. The largest absolute Gasteiger partial charge is 0.507 e. The maximum atomic E-state index is 14.1. The number of hydrogen-bond donors (Lipinski definition) is 9. The molecule has 0 unspecified atom stereocenters. The van der Waals surface area contributed by atoms with Gasteiger partial charge in [0.25, 0.3) is 0 Å². The van der Waals surface area contributed by atoms with E-state index in [9.17, 15) is 69.6 Å². The zero-order chi connectivity index (χ0) is 49.8. The molecule has 0 aliphatic heterocycles. The third kappa shape index (κ3) is 8.94. The van der Waals surface area contributed by atoms with Gasteiger partial charge in [0.15, 0.2) is 0 Å². The number of aromatic hydroxyl groups is 2. The molecule has 66 heavy (non-hydrogen) atoms. The molecule has 0 aliphatic carbocycles. The first-order chi connectivity index (χ1) is 30.5. The number of phenols is 2. The van der Waals surface area contributed by atoms with Crippen LogP contribution in [0.5, 0.6) is 11.5 Å². The van der Waals surface area contributed by atoms with E-state index in [4.69, 9.17) is 0 Å². The molecule has 5 aromatic rings. The van der Waals surface area contributed by atoms with E-state index in [1.54, 1.807) is 39.8 Å². The summed E-state index contributed by atoms with van der Waals surface area (Å²) in [6.45, 7) is 17.9. The number of carboxylic acids is 6. The van der Waals surface area contributed by atoms with Gasteiger partial charge in [0.2, 0.25) is 0 Å². The van der Waals surface area contributed by atoms with E-state index < -0.39 is 109 Å². The SMILES string of the molecule is Cc1cc(C(C)(C)C)c(O)c(C)c1Cc1ccc(C(=O)O)c(C(=O)O)c1-c1c(C(=O)O)c(C(=O)O)c(Cc2c(C)cc(C(C)(C)C)c(O)c2C)c(SS)c1-c1cccc(C(=O)O)c1C(=O)O. The Kier molecular flexibility index (Phi) is 13.9. The number of benzene rings is 5. The summed E-state index contributed by atoms with van der Waals surface area (Å²) in [5.41, 5.74) is -5.52. The van der Waals surface area contributed by atoms with Crippen molar-refractivity contribution in [2.45, 2.75) is 97.8 Å². The van der Waals surface area contributed by atoms with Crippen molar-refractivity contribution in [1.82, 2.24) is 0 Å². The summed E-state index contributed by atoms with van der Waals surface area (Å²) in [4.78, 5) is 80.2. The molecular weight excluding hydrogens is 889 g/mol. The fourth-order valence-electron chi connectivity index (χ4n) is 8.73. The summed E-state index contributed by atoms with van der Waals surface area (Å²) in [6.07, 6.45) is -0.740. The minimum atomic E-state index is -1.95. The lowest BCUT2D eigenvalue weighted by Gasteiger charge is -2.28. The van der Waals surface area contributed by atoms with Crippen molar-refractivity contribution < 1.29 is 69.6 Å². The molecule has 0 saturated carbocycles. The van der Waals surface area contributed by atoms with Crippen LogP contribution in [0.2, 0.25) is 0 Å². The summed E-state index contributed by atoms with van der Waals surface area (Å²) >= 11 is 4.53. The average Bonchev–Trinajstić information content (AvgIpc) is 3.20. The summed E-state index contributed by atoms with van der Waals surface area (Å²) in [6, 6.07) is 8.96. The van der Waals surface area contributed by atoms with Gasteiger partial charge in [0.05, 0.1) is 33.4 Å². The summed E-state index contributed by atoms with van der Waals surface area (Å²) in [5, 5.41) is 88.1. The summed E-state index contributed by atoms with van der Waals surface area (Å²) in [5.74, 6) is -11.2. The lowest BCUT2D eigenvalue weighted by atomic mass is 9.76. The minimum Gasteiger partial charge on any atom is -0.507 e. The highest BCUT2D eigenvalue weighted by molar-refractivity contribution is 8.68. The fraction of sp³-hybridized carbons (Fsp3) is 0.280. The Morgan fingerprint density at radius 3 is 1.36 bits per heavy atom. The molecular formula is C50H50O14S2. The Balaban J connectivity index is 2.19. The molecule has 0 bridgehead atoms. The average molecular weight is 939 g/mol. The normalized spacial score (nSPS) is 11.7. The maximum absolute atomic E-state index is 14.1. The fourth-order valence-corrected chi connectivity index (χ4v) is 9.93. The molecule has 5 aromatic carbocycles. The van der Waals surface area contributed by atoms with E-state index in [-0.39, 0.29) is 33.9 Å². The monoisotopic (exact) mass is 938 g/mol. The van der Waals surface area contributed by atoms with Gasteiger partial charge in [0.1, 0.15) is 11.5 Å². The predicted octanol–water partition coefficient (Wildman–Crippen LogP) is 10.6. The first-order valence-electron chi connectivity index (χ1n) is 20.4. The Bertz CT molecular complexity index is 2950. The van der Waals surface area contributed by atoms with Gasteiger partial charge in [0, 0.05) is 28.0 Å². The molecule has 5 rings (SSSR count). The molecule has 346 valence electrons. The van der Waals surface area contributed by atoms with E-state index in [0.717, 1.165) is 18.2 Å². The van der Waals surface area contributed by atoms with Gasteiger partial charge in [-0.1, -0.05) is 82.7 Å². The van der Waals surface area contributed by atoms with Gasteiger partial charge >= 0.3 is 35.8 Å². The smallest absolute Gasteiger partial charge is 0.337 e. The zero-order valence-corrected chi connectivity index (χ0v) is 39.5. The van der Waals surface area contributed by atoms with Crippen LogP contribution in [0, 0.1) is 27.7 Å². The molecule has 0 radical (unpaired) electrons. The van der Waals surface area contributed by atoms with Gasteiger partial charge in [-0.15, -0.1) is 11.7 Å². The predicted molar refractivity (Wildman–Crippen MR) is 252 cm³/mol. The number of carboxylic acid groups (broad SMARTS) is 6. The first kappa shape index (κ1) is 50.2. The standard InChI is InChI=1S/C50H50O14S2/c1-20-16-31(49(5,6)7)40(51)22(3)28(20)18-24-14-15-27(44(55)56)36(46(59)60)33(24)38-35(25-12-11-13-26(43(53)54)34(25)45(57)58)42(66-65)30(37(47(61)62)39(38)48(63)64)19-29-21(2)17-32(50(8,9)10)41(52)23(29)4/h11-17,51-52,65H,18-19H2,1-10H3,(H,53,54)(H,55,56)(H,57,58)(H,59,60)(H,61,62)(H,63,64). The molecule has 8 N–H and O–H groups in total. The van der Waals surface area contributed by atoms with Crippen molar-refractivity contribution in [2.24, 2.45) is 0 Å². The lowest BCUT2D eigenvalue weighted by Crippen LogP contribution is -2.20. The van der Waals surface area contributed by atoms with Crippen molar-refractivity contribution in [3.05, 3.63) is 131 Å². The van der Waals surface area contributed by atoms with Crippen molar-refractivity contribution in [3.63, 3.8) is 0 Å². The molecule has 0 aromatic heterocycles. The lowest BCUT2D eigenvalue weighted by molar-refractivity contribution is 0.0649. The molecule has 0 atom stereocenters. The van der Waals surface area contributed by atoms with Crippen LogP contribution in [0.1, 0.15) is 159 Å². The van der Waals surface area contributed by atoms with E-state index in [2.05, 4.69) is 11.7 Å². The zero-order valence-electron chi connectivity index (χ0n) is 37.8. The maximum Gasteiger partial charge on any atom is 0.337 e. The number of aromatic carboxylic acids is 6. The van der Waals surface area contributed by atoms with E-state index >= 15 is 0 Å². The number of hydrogen-bond acceptors (Lipinski definition) is 10. The summed E-state index contributed by atoms with van der Waals surface area (Å²) in [7, 11) is 0.539. The van der Waals surface area contributed by atoms with Crippen LogP contribution >= 0.6 is 22.5 Å². The van der Waals surface area contributed by atoms with Gasteiger partial charge < -0.3 is 40.9 Å². The van der Waals surface area contributed by atoms with E-state index in [0.29, 0.717) is 55.3 Å². The van der Waals surface area contributed by atoms with Gasteiger partial charge in [-0.3, -0.25) is 0 Å². The Hall–Kier alpha value is -6.78. The van der Waals surface area contributed by atoms with E-state index in [1.807, 2.05) is 41.5 Å². The number of aryl methyl sites for hydroxylation is 2. The van der Waals surface area contributed by atoms with Crippen LogP contribution < -0.4 is 0 Å². The Morgan fingerprint density at radius 1 is 0.515 bits per heavy atom. The molecule has 0 fully saturated rings. The van der Waals surface area contributed by atoms with Crippen LogP contribution in [-0.4, -0.2) is 76.7 Å². The molecule has 16 heteroatoms. The van der Waals surface area contributed by atoms with Gasteiger partial charge in [-0.25, -0.2) is 28.8 Å². The second kappa shape index (κ2) is 18.2. The van der Waals surface area contributed by atoms with Crippen LogP contribution in [0.3, 0.4) is 0 Å². The molecule has 14 nitrogen and oxygen atoms in total. The highest BCUT2D eigenvalue weighted by atomic mass is 33.1. The van der Waals surface area contributed by atoms with Crippen molar-refractivity contribution in [2.75, 3.05) is 0 Å².